The van der Waals surface area contributed by atoms with Gasteiger partial charge in [0.2, 0.25) is 0 Å². The highest BCUT2D eigenvalue weighted by atomic mass is 127. The van der Waals surface area contributed by atoms with Crippen molar-refractivity contribution in [1.29, 1.82) is 0 Å². The van der Waals surface area contributed by atoms with Crippen LogP contribution in [-0.2, 0) is 13.1 Å². The molecule has 1 aromatic carbocycles. The molecule has 27 heavy (non-hydrogen) atoms. The van der Waals surface area contributed by atoms with E-state index in [4.69, 9.17) is 4.74 Å². The summed E-state index contributed by atoms with van der Waals surface area (Å²) in [6, 6.07) is 10.5. The lowest BCUT2D eigenvalue weighted by molar-refractivity contribution is -0.0512. The van der Waals surface area contributed by atoms with Crippen LogP contribution in [0, 0.1) is 0 Å². The lowest BCUT2D eigenvalue weighted by Gasteiger charge is -2.12. The van der Waals surface area contributed by atoms with E-state index in [1.165, 1.54) is 13.2 Å². The number of hydrogen-bond acceptors (Lipinski definition) is 4. The zero-order valence-electron chi connectivity index (χ0n) is 15.1. The Morgan fingerprint density at radius 3 is 2.63 bits per heavy atom. The highest BCUT2D eigenvalue weighted by Gasteiger charge is 2.11. The molecule has 2 aromatic rings. The summed E-state index contributed by atoms with van der Waals surface area (Å²) in [5.74, 6) is 0.838. The van der Waals surface area contributed by atoms with E-state index in [0.29, 0.717) is 25.6 Å². The Morgan fingerprint density at radius 2 is 2.00 bits per heavy atom. The lowest BCUT2D eigenvalue weighted by atomic mass is 10.2. The SMILES string of the molecule is CCNC(=NCc1ccc(OC)c(OC(F)F)c1)NCc1ccccn1.I. The van der Waals surface area contributed by atoms with Crippen LogP contribution in [0.2, 0.25) is 0 Å². The number of pyridine rings is 1. The van der Waals surface area contributed by atoms with Crippen molar-refractivity contribution in [1.82, 2.24) is 15.6 Å². The molecule has 2 rings (SSSR count). The van der Waals surface area contributed by atoms with Gasteiger partial charge in [0.25, 0.3) is 0 Å². The Labute approximate surface area is 174 Å². The minimum atomic E-state index is -2.92. The normalized spacial score (nSPS) is 10.9. The van der Waals surface area contributed by atoms with Crippen molar-refractivity contribution in [2.24, 2.45) is 4.99 Å². The number of alkyl halides is 2. The van der Waals surface area contributed by atoms with Gasteiger partial charge in [-0.2, -0.15) is 8.78 Å². The van der Waals surface area contributed by atoms with Gasteiger partial charge in [0, 0.05) is 12.7 Å². The van der Waals surface area contributed by atoms with Crippen molar-refractivity contribution in [2.45, 2.75) is 26.6 Å². The maximum Gasteiger partial charge on any atom is 0.387 e. The van der Waals surface area contributed by atoms with E-state index in [-0.39, 0.29) is 35.5 Å². The number of rotatable bonds is 8. The molecular formula is C18H23F2IN4O2. The van der Waals surface area contributed by atoms with E-state index in [0.717, 1.165) is 11.3 Å². The van der Waals surface area contributed by atoms with Crippen LogP contribution in [-0.4, -0.2) is 31.2 Å². The summed E-state index contributed by atoms with van der Waals surface area (Å²) in [6.45, 7) is 0.548. The summed E-state index contributed by atoms with van der Waals surface area (Å²) in [4.78, 5) is 8.70. The number of halogens is 3. The zero-order valence-corrected chi connectivity index (χ0v) is 17.4. The summed E-state index contributed by atoms with van der Waals surface area (Å²) in [5, 5.41) is 6.30. The van der Waals surface area contributed by atoms with E-state index < -0.39 is 6.61 Å². The number of ether oxygens (including phenoxy) is 2. The Bertz CT molecular complexity index is 718. The summed E-state index contributed by atoms with van der Waals surface area (Å²) < 4.78 is 34.5. The molecule has 0 saturated heterocycles. The van der Waals surface area contributed by atoms with Crippen molar-refractivity contribution >= 4 is 29.9 Å². The van der Waals surface area contributed by atoms with Gasteiger partial charge in [-0.1, -0.05) is 12.1 Å². The van der Waals surface area contributed by atoms with E-state index in [1.54, 1.807) is 18.3 Å². The molecule has 0 bridgehead atoms. The van der Waals surface area contributed by atoms with Crippen molar-refractivity contribution in [2.75, 3.05) is 13.7 Å². The second kappa shape index (κ2) is 12.3. The van der Waals surface area contributed by atoms with E-state index >= 15 is 0 Å². The molecule has 148 valence electrons. The fraction of sp³-hybridized carbons (Fsp3) is 0.333. The first kappa shape index (κ1) is 22.9. The van der Waals surface area contributed by atoms with Crippen molar-refractivity contribution in [3.05, 3.63) is 53.9 Å². The first-order valence-corrected chi connectivity index (χ1v) is 8.16. The van der Waals surface area contributed by atoms with Crippen molar-refractivity contribution in [3.8, 4) is 11.5 Å². The first-order valence-electron chi connectivity index (χ1n) is 8.16. The van der Waals surface area contributed by atoms with Crippen LogP contribution in [0.4, 0.5) is 8.78 Å². The predicted molar refractivity (Wildman–Crippen MR) is 111 cm³/mol. The van der Waals surface area contributed by atoms with Gasteiger partial charge < -0.3 is 20.1 Å². The number of methoxy groups -OCH3 is 1. The van der Waals surface area contributed by atoms with Gasteiger partial charge in [-0.05, 0) is 36.8 Å². The monoisotopic (exact) mass is 492 g/mol. The third-order valence-corrected chi connectivity index (χ3v) is 3.37. The Morgan fingerprint density at radius 1 is 1.19 bits per heavy atom. The molecule has 0 saturated carbocycles. The van der Waals surface area contributed by atoms with Gasteiger partial charge >= 0.3 is 6.61 Å². The molecule has 0 fully saturated rings. The summed E-state index contributed by atoms with van der Waals surface area (Å²) in [7, 11) is 1.40. The standard InChI is InChI=1S/C18H22F2N4O2.HI/c1-3-21-18(24-12-14-6-4-5-9-22-14)23-11-13-7-8-15(25-2)16(10-13)26-17(19)20;/h4-10,17H,3,11-12H2,1-2H3,(H2,21,23,24);1H. The highest BCUT2D eigenvalue weighted by molar-refractivity contribution is 14.0. The molecule has 9 heteroatoms. The number of aliphatic imine (C=N–C) groups is 1. The predicted octanol–water partition coefficient (Wildman–Crippen LogP) is 3.56. The van der Waals surface area contributed by atoms with Crippen LogP contribution >= 0.6 is 24.0 Å². The molecular weight excluding hydrogens is 469 g/mol. The number of benzene rings is 1. The van der Waals surface area contributed by atoms with Gasteiger partial charge in [0.1, 0.15) is 0 Å². The molecule has 6 nitrogen and oxygen atoms in total. The van der Waals surface area contributed by atoms with Gasteiger partial charge in [-0.25, -0.2) is 4.99 Å². The van der Waals surface area contributed by atoms with Crippen LogP contribution in [0.1, 0.15) is 18.2 Å². The van der Waals surface area contributed by atoms with Crippen LogP contribution in [0.5, 0.6) is 11.5 Å². The molecule has 0 aliphatic rings. The summed E-state index contributed by atoms with van der Waals surface area (Å²) in [6.07, 6.45) is 1.73. The lowest BCUT2D eigenvalue weighted by Crippen LogP contribution is -2.37. The Kier molecular flexibility index (Phi) is 10.4. The second-order valence-electron chi connectivity index (χ2n) is 5.23. The van der Waals surface area contributed by atoms with Gasteiger partial charge in [-0.15, -0.1) is 24.0 Å². The highest BCUT2D eigenvalue weighted by Crippen LogP contribution is 2.29. The van der Waals surface area contributed by atoms with Gasteiger partial charge in [-0.3, -0.25) is 4.98 Å². The number of hydrogen-bond donors (Lipinski definition) is 2. The largest absolute Gasteiger partial charge is 0.493 e. The Hall–Kier alpha value is -2.17. The molecule has 0 radical (unpaired) electrons. The number of nitrogens with one attached hydrogen (secondary N) is 2. The number of guanidine groups is 1. The molecule has 0 aliphatic carbocycles. The molecule has 0 unspecified atom stereocenters. The van der Waals surface area contributed by atoms with Crippen molar-refractivity contribution in [3.63, 3.8) is 0 Å². The third-order valence-electron chi connectivity index (χ3n) is 3.37. The van der Waals surface area contributed by atoms with E-state index in [1.807, 2.05) is 25.1 Å². The first-order chi connectivity index (χ1) is 12.6. The Balaban J connectivity index is 0.00000364. The van der Waals surface area contributed by atoms with Crippen LogP contribution in [0.25, 0.3) is 0 Å². The maximum absolute atomic E-state index is 12.5. The summed E-state index contributed by atoms with van der Waals surface area (Å²) in [5.41, 5.74) is 1.60. The zero-order chi connectivity index (χ0) is 18.8. The molecule has 0 atom stereocenters. The average Bonchev–Trinajstić information content (AvgIpc) is 2.64. The quantitative estimate of drug-likeness (QED) is 0.335. The van der Waals surface area contributed by atoms with Crippen LogP contribution < -0.4 is 20.1 Å². The fourth-order valence-corrected chi connectivity index (χ4v) is 2.20. The van der Waals surface area contributed by atoms with Crippen LogP contribution in [0.15, 0.2) is 47.6 Å². The van der Waals surface area contributed by atoms with E-state index in [2.05, 4.69) is 25.3 Å². The number of nitrogens with zero attached hydrogens (tertiary/aromatic N) is 2. The third kappa shape index (κ3) is 7.94. The average molecular weight is 492 g/mol. The second-order valence-corrected chi connectivity index (χ2v) is 5.23. The van der Waals surface area contributed by atoms with Crippen molar-refractivity contribution < 1.29 is 18.3 Å². The molecule has 2 N–H and O–H groups in total. The molecule has 1 heterocycles. The van der Waals surface area contributed by atoms with Crippen LogP contribution in [0.3, 0.4) is 0 Å². The minimum Gasteiger partial charge on any atom is -0.493 e. The fourth-order valence-electron chi connectivity index (χ4n) is 2.20. The smallest absolute Gasteiger partial charge is 0.387 e. The minimum absolute atomic E-state index is 0. The molecule has 0 amide bonds. The maximum atomic E-state index is 12.5. The molecule has 0 aliphatic heterocycles. The van der Waals surface area contributed by atoms with Gasteiger partial charge in [0.05, 0.1) is 25.9 Å². The van der Waals surface area contributed by atoms with Gasteiger partial charge in [0.15, 0.2) is 17.5 Å². The topological polar surface area (TPSA) is 67.8 Å². The molecule has 1 aromatic heterocycles. The molecule has 0 spiro atoms. The summed E-state index contributed by atoms with van der Waals surface area (Å²) >= 11 is 0. The number of aromatic nitrogens is 1. The van der Waals surface area contributed by atoms with E-state index in [9.17, 15) is 8.78 Å².